The second kappa shape index (κ2) is 7.83. The van der Waals surface area contributed by atoms with Crippen LogP contribution in [0.3, 0.4) is 0 Å². The third-order valence-electron chi connectivity index (χ3n) is 3.60. The van der Waals surface area contributed by atoms with Crippen molar-refractivity contribution in [2.24, 2.45) is 4.99 Å². The van der Waals surface area contributed by atoms with E-state index in [0.29, 0.717) is 11.4 Å². The van der Waals surface area contributed by atoms with Gasteiger partial charge in [0.25, 0.3) is 0 Å². The molecule has 0 radical (unpaired) electrons. The first-order valence-corrected chi connectivity index (χ1v) is 8.64. The van der Waals surface area contributed by atoms with Crippen molar-refractivity contribution in [3.05, 3.63) is 70.7 Å². The van der Waals surface area contributed by atoms with Gasteiger partial charge in [-0.05, 0) is 51.0 Å². The van der Waals surface area contributed by atoms with Gasteiger partial charge in [0.15, 0.2) is 5.54 Å². The van der Waals surface area contributed by atoms with Gasteiger partial charge in [-0.1, -0.05) is 54.1 Å². The van der Waals surface area contributed by atoms with Gasteiger partial charge in [0.1, 0.15) is 5.60 Å². The molecule has 0 aliphatic carbocycles. The highest BCUT2D eigenvalue weighted by atomic mass is 35.5. The quantitative estimate of drug-likeness (QED) is 0.551. The molecule has 3 nitrogen and oxygen atoms in total. The van der Waals surface area contributed by atoms with Crippen LogP contribution in [0.15, 0.2) is 59.6 Å². The van der Waals surface area contributed by atoms with Crippen molar-refractivity contribution in [3.63, 3.8) is 0 Å². The summed E-state index contributed by atoms with van der Waals surface area (Å²) < 4.78 is 5.61. The van der Waals surface area contributed by atoms with Crippen LogP contribution in [0.2, 0.25) is 5.02 Å². The molecule has 0 saturated carbocycles. The zero-order valence-electron chi connectivity index (χ0n) is 15.1. The maximum atomic E-state index is 12.8. The molecule has 0 saturated heterocycles. The predicted molar refractivity (Wildman–Crippen MR) is 103 cm³/mol. The fourth-order valence-corrected chi connectivity index (χ4v) is 2.44. The number of esters is 1. The molecule has 2 aromatic carbocycles. The van der Waals surface area contributed by atoms with Crippen molar-refractivity contribution in [1.82, 2.24) is 0 Å². The Hall–Kier alpha value is -2.13. The molecule has 132 valence electrons. The van der Waals surface area contributed by atoms with E-state index in [1.165, 1.54) is 0 Å². The van der Waals surface area contributed by atoms with E-state index in [2.05, 4.69) is 4.99 Å². The molecule has 0 amide bonds. The Kier molecular flexibility index (Phi) is 6.02. The molecule has 0 aromatic heterocycles. The topological polar surface area (TPSA) is 38.7 Å². The molecule has 25 heavy (non-hydrogen) atoms. The average molecular weight is 358 g/mol. The van der Waals surface area contributed by atoms with E-state index in [1.807, 2.05) is 63.2 Å². The van der Waals surface area contributed by atoms with Crippen molar-refractivity contribution in [3.8, 4) is 0 Å². The summed E-state index contributed by atoms with van der Waals surface area (Å²) in [4.78, 5) is 17.4. The summed E-state index contributed by atoms with van der Waals surface area (Å²) in [5, 5.41) is 0.663. The average Bonchev–Trinajstić information content (AvgIpc) is 2.54. The van der Waals surface area contributed by atoms with Crippen LogP contribution in [0.5, 0.6) is 0 Å². The number of rotatable bonds is 5. The number of halogens is 1. The molecule has 0 aliphatic rings. The Bertz CT molecular complexity index is 733. The van der Waals surface area contributed by atoms with Gasteiger partial charge >= 0.3 is 5.97 Å². The Morgan fingerprint density at radius 2 is 1.64 bits per heavy atom. The highest BCUT2D eigenvalue weighted by molar-refractivity contribution is 6.30. The molecule has 2 aromatic rings. The van der Waals surface area contributed by atoms with Gasteiger partial charge < -0.3 is 4.74 Å². The number of carbonyl (C=O) groups excluding carboxylic acids is 1. The minimum atomic E-state index is -1.01. The standard InChI is InChI=1S/C21H24ClNO2/c1-20(2,3)25-19(24)21(4,14-16-8-6-5-7-9-16)23-15-17-10-12-18(22)13-11-17/h5-13,15H,14H2,1-4H3. The fraction of sp³-hybridized carbons (Fsp3) is 0.333. The lowest BCUT2D eigenvalue weighted by Gasteiger charge is -2.28. The van der Waals surface area contributed by atoms with Gasteiger partial charge in [-0.2, -0.15) is 0 Å². The first kappa shape index (κ1) is 19.2. The van der Waals surface area contributed by atoms with E-state index < -0.39 is 11.1 Å². The van der Waals surface area contributed by atoms with Crippen molar-refractivity contribution in [1.29, 1.82) is 0 Å². The molecule has 0 N–H and O–H groups in total. The molecule has 1 unspecified atom stereocenters. The number of hydrogen-bond donors (Lipinski definition) is 0. The summed E-state index contributed by atoms with van der Waals surface area (Å²) in [6.45, 7) is 7.38. The minimum Gasteiger partial charge on any atom is -0.458 e. The Morgan fingerprint density at radius 1 is 1.04 bits per heavy atom. The molecule has 0 heterocycles. The molecule has 4 heteroatoms. The van der Waals surface area contributed by atoms with Crippen LogP contribution < -0.4 is 0 Å². The lowest BCUT2D eigenvalue weighted by molar-refractivity contribution is -0.160. The van der Waals surface area contributed by atoms with Gasteiger partial charge in [0.05, 0.1) is 0 Å². The van der Waals surface area contributed by atoms with E-state index >= 15 is 0 Å². The molecule has 0 bridgehead atoms. The lowest BCUT2D eigenvalue weighted by Crippen LogP contribution is -2.41. The highest BCUT2D eigenvalue weighted by Crippen LogP contribution is 2.23. The van der Waals surface area contributed by atoms with Gasteiger partial charge in [-0.3, -0.25) is 4.99 Å². The first-order valence-electron chi connectivity index (χ1n) is 8.26. The van der Waals surface area contributed by atoms with Crippen LogP contribution in [0.1, 0.15) is 38.8 Å². The fourth-order valence-electron chi connectivity index (χ4n) is 2.32. The smallest absolute Gasteiger partial charge is 0.334 e. The van der Waals surface area contributed by atoms with Crippen LogP contribution in [-0.2, 0) is 16.0 Å². The van der Waals surface area contributed by atoms with Crippen LogP contribution >= 0.6 is 11.6 Å². The van der Waals surface area contributed by atoms with Crippen LogP contribution in [0.25, 0.3) is 0 Å². The number of benzene rings is 2. The lowest BCUT2D eigenvalue weighted by atomic mass is 9.93. The van der Waals surface area contributed by atoms with E-state index in [-0.39, 0.29) is 5.97 Å². The molecule has 0 fully saturated rings. The Labute approximate surface area is 154 Å². The van der Waals surface area contributed by atoms with E-state index in [0.717, 1.165) is 11.1 Å². The van der Waals surface area contributed by atoms with Crippen molar-refractivity contribution in [2.45, 2.75) is 45.3 Å². The Morgan fingerprint density at radius 3 is 2.20 bits per heavy atom. The summed E-state index contributed by atoms with van der Waals surface area (Å²) in [6, 6.07) is 17.2. The normalized spacial score (nSPS) is 14.3. The number of hydrogen-bond acceptors (Lipinski definition) is 3. The maximum Gasteiger partial charge on any atom is 0.334 e. The number of carbonyl (C=O) groups is 1. The summed E-state index contributed by atoms with van der Waals surface area (Å²) in [5.74, 6) is -0.339. The first-order chi connectivity index (χ1) is 11.7. The molecule has 0 spiro atoms. The zero-order chi connectivity index (χ0) is 18.5. The van der Waals surface area contributed by atoms with Crippen LogP contribution in [0, 0.1) is 0 Å². The molecular weight excluding hydrogens is 334 g/mol. The maximum absolute atomic E-state index is 12.8. The largest absolute Gasteiger partial charge is 0.458 e. The second-order valence-corrected chi connectivity index (χ2v) is 7.68. The second-order valence-electron chi connectivity index (χ2n) is 7.25. The number of nitrogens with zero attached hydrogens (tertiary/aromatic N) is 1. The minimum absolute atomic E-state index is 0.339. The van der Waals surface area contributed by atoms with E-state index in [4.69, 9.17) is 16.3 Å². The monoisotopic (exact) mass is 357 g/mol. The van der Waals surface area contributed by atoms with Gasteiger partial charge in [0, 0.05) is 17.7 Å². The molecule has 0 aliphatic heterocycles. The summed E-state index contributed by atoms with van der Waals surface area (Å²) in [5.41, 5.74) is 0.343. The number of ether oxygens (including phenoxy) is 1. The van der Waals surface area contributed by atoms with Crippen LogP contribution in [-0.4, -0.2) is 23.3 Å². The van der Waals surface area contributed by atoms with Crippen molar-refractivity contribution >= 4 is 23.8 Å². The summed E-state index contributed by atoms with van der Waals surface area (Å²) in [7, 11) is 0. The molecule has 2 rings (SSSR count). The van der Waals surface area contributed by atoms with Crippen LogP contribution in [0.4, 0.5) is 0 Å². The molecular formula is C21H24ClNO2. The van der Waals surface area contributed by atoms with Gasteiger partial charge in [-0.25, -0.2) is 4.79 Å². The van der Waals surface area contributed by atoms with Crippen molar-refractivity contribution in [2.75, 3.05) is 0 Å². The van der Waals surface area contributed by atoms with Gasteiger partial charge in [-0.15, -0.1) is 0 Å². The Balaban J connectivity index is 2.30. The summed E-state index contributed by atoms with van der Waals surface area (Å²) >= 11 is 5.91. The predicted octanol–water partition coefficient (Wildman–Crippen LogP) is 5.10. The third-order valence-corrected chi connectivity index (χ3v) is 3.85. The summed E-state index contributed by atoms with van der Waals surface area (Å²) in [6.07, 6.45) is 2.16. The molecule has 1 atom stereocenters. The van der Waals surface area contributed by atoms with Crippen molar-refractivity contribution < 1.29 is 9.53 Å². The SMILES string of the molecule is CC(C)(C)OC(=O)C(C)(Cc1ccccc1)N=Cc1ccc(Cl)cc1. The third kappa shape index (κ3) is 6.02. The van der Waals surface area contributed by atoms with E-state index in [9.17, 15) is 4.79 Å². The zero-order valence-corrected chi connectivity index (χ0v) is 15.9. The number of aliphatic imine (C=N–C) groups is 1. The highest BCUT2D eigenvalue weighted by Gasteiger charge is 2.36. The van der Waals surface area contributed by atoms with Gasteiger partial charge in [0.2, 0.25) is 0 Å². The van der Waals surface area contributed by atoms with E-state index in [1.54, 1.807) is 25.3 Å².